The number of methoxy groups -OCH3 is 2. The Balaban J connectivity index is 0.000000408. The quantitative estimate of drug-likeness (QED) is 0.551. The second-order valence-corrected chi connectivity index (χ2v) is 10.2. The minimum atomic E-state index is -1.82. The zero-order chi connectivity index (χ0) is 24.4. The van der Waals surface area contributed by atoms with Gasteiger partial charge in [-0.1, -0.05) is 0 Å². The average molecular weight is 477 g/mol. The smallest absolute Gasteiger partial charge is 0.414 e. The Morgan fingerprint density at radius 1 is 0.853 bits per heavy atom. The van der Waals surface area contributed by atoms with Crippen LogP contribution in [0, 0.1) is 23.7 Å². The van der Waals surface area contributed by atoms with Gasteiger partial charge in [0.2, 0.25) is 5.75 Å². The van der Waals surface area contributed by atoms with Gasteiger partial charge in [0.15, 0.2) is 11.5 Å². The molecule has 1 aromatic carbocycles. The lowest BCUT2D eigenvalue weighted by molar-refractivity contribution is -0.159. The van der Waals surface area contributed by atoms with Gasteiger partial charge in [-0.05, 0) is 73.5 Å². The largest absolute Gasteiger partial charge is 0.502 e. The molecule has 5 fully saturated rings. The zero-order valence-corrected chi connectivity index (χ0v) is 20.0. The van der Waals surface area contributed by atoms with Gasteiger partial charge in [-0.3, -0.25) is 9.80 Å². The topological polar surface area (TPSA) is 120 Å². The lowest BCUT2D eigenvalue weighted by atomic mass is 9.54. The van der Waals surface area contributed by atoms with E-state index in [1.54, 1.807) is 14.2 Å². The van der Waals surface area contributed by atoms with Crippen molar-refractivity contribution < 1.29 is 34.4 Å². The molecular weight excluding hydrogens is 440 g/mol. The van der Waals surface area contributed by atoms with Crippen molar-refractivity contribution in [3.63, 3.8) is 0 Å². The van der Waals surface area contributed by atoms with Crippen LogP contribution in [-0.2, 0) is 16.1 Å². The normalized spacial score (nSPS) is 30.4. The van der Waals surface area contributed by atoms with E-state index in [1.165, 1.54) is 45.2 Å². The van der Waals surface area contributed by atoms with E-state index in [-0.39, 0.29) is 5.75 Å². The molecule has 0 radical (unpaired) electrons. The summed E-state index contributed by atoms with van der Waals surface area (Å²) in [5.41, 5.74) is 1.13. The first-order valence-electron chi connectivity index (χ1n) is 12.2. The van der Waals surface area contributed by atoms with E-state index < -0.39 is 11.9 Å². The van der Waals surface area contributed by atoms with E-state index in [0.717, 1.165) is 54.9 Å². The maximum absolute atomic E-state index is 10.1. The number of aliphatic carboxylic acids is 2. The predicted octanol–water partition coefficient (Wildman–Crippen LogP) is 2.51. The molecule has 0 amide bonds. The fourth-order valence-electron chi connectivity index (χ4n) is 7.01. The van der Waals surface area contributed by atoms with Gasteiger partial charge in [0.05, 0.1) is 14.2 Å². The molecule has 1 aliphatic heterocycles. The van der Waals surface area contributed by atoms with Crippen LogP contribution in [0.3, 0.4) is 0 Å². The van der Waals surface area contributed by atoms with Crippen molar-refractivity contribution in [2.24, 2.45) is 23.7 Å². The van der Waals surface area contributed by atoms with Gasteiger partial charge in [-0.15, -0.1) is 0 Å². The second-order valence-electron chi connectivity index (χ2n) is 10.2. The van der Waals surface area contributed by atoms with E-state index in [1.807, 2.05) is 12.1 Å². The summed E-state index contributed by atoms with van der Waals surface area (Å²) in [5.74, 6) is 1.48. The maximum atomic E-state index is 10.1. The number of rotatable bonds is 5. The number of aromatic hydroxyl groups is 1. The van der Waals surface area contributed by atoms with Crippen molar-refractivity contribution in [1.29, 1.82) is 0 Å². The van der Waals surface area contributed by atoms with E-state index in [4.69, 9.17) is 29.3 Å². The molecule has 0 atom stereocenters. The fraction of sp³-hybridized carbons (Fsp3) is 0.680. The van der Waals surface area contributed by atoms with Crippen LogP contribution in [0.15, 0.2) is 12.1 Å². The highest BCUT2D eigenvalue weighted by atomic mass is 16.5. The molecule has 9 heteroatoms. The number of carbonyl (C=O) groups is 2. The van der Waals surface area contributed by atoms with E-state index >= 15 is 0 Å². The minimum absolute atomic E-state index is 0.0838. The Morgan fingerprint density at radius 2 is 1.32 bits per heavy atom. The number of benzene rings is 1. The Labute approximate surface area is 200 Å². The standard InChI is InChI=1S/C23H34N2O3.C2H2O4/c1-27-20-12-17(13-21(28-2)23(20)26)14-24-3-5-25(6-4-24)22-18-8-15-7-16(10-18)11-19(22)9-15;3-1(4)2(5)6/h12-13,15-16,18-19,22,26H,3-11,14H2,1-2H3;(H,3,4)(H,5,6). The number of carboxylic acid groups (broad SMARTS) is 2. The Bertz CT molecular complexity index is 832. The van der Waals surface area contributed by atoms with Crippen molar-refractivity contribution >= 4 is 11.9 Å². The number of hydrogen-bond acceptors (Lipinski definition) is 7. The monoisotopic (exact) mass is 476 g/mol. The number of carboxylic acids is 2. The molecule has 34 heavy (non-hydrogen) atoms. The summed E-state index contributed by atoms with van der Waals surface area (Å²) >= 11 is 0. The first-order valence-corrected chi connectivity index (χ1v) is 12.2. The van der Waals surface area contributed by atoms with Crippen LogP contribution < -0.4 is 9.47 Å². The molecule has 0 spiro atoms. The summed E-state index contributed by atoms with van der Waals surface area (Å²) in [5, 5.41) is 24.9. The highest BCUT2D eigenvalue weighted by molar-refractivity contribution is 6.27. The highest BCUT2D eigenvalue weighted by Crippen LogP contribution is 2.55. The van der Waals surface area contributed by atoms with Crippen LogP contribution in [0.5, 0.6) is 17.2 Å². The molecule has 1 aromatic rings. The molecule has 0 aromatic heterocycles. The van der Waals surface area contributed by atoms with E-state index in [9.17, 15) is 5.11 Å². The first-order chi connectivity index (χ1) is 16.3. The molecule has 1 saturated heterocycles. The summed E-state index contributed by atoms with van der Waals surface area (Å²) in [6, 6.07) is 4.73. The zero-order valence-electron chi connectivity index (χ0n) is 20.0. The van der Waals surface area contributed by atoms with E-state index in [0.29, 0.717) is 11.5 Å². The summed E-state index contributed by atoms with van der Waals surface area (Å²) < 4.78 is 10.6. The number of ether oxygens (including phenoxy) is 2. The number of phenols is 1. The Kier molecular flexibility index (Phi) is 7.52. The average Bonchev–Trinajstić information content (AvgIpc) is 2.80. The molecule has 6 rings (SSSR count). The van der Waals surface area contributed by atoms with Gasteiger partial charge in [0, 0.05) is 38.8 Å². The van der Waals surface area contributed by atoms with Gasteiger partial charge in [0.1, 0.15) is 0 Å². The first kappa shape index (κ1) is 24.6. The summed E-state index contributed by atoms with van der Waals surface area (Å²) in [6.07, 6.45) is 7.55. The van der Waals surface area contributed by atoms with Crippen LogP contribution in [0.1, 0.15) is 37.7 Å². The van der Waals surface area contributed by atoms with Crippen LogP contribution in [0.2, 0.25) is 0 Å². The summed E-state index contributed by atoms with van der Waals surface area (Å²) in [7, 11) is 3.17. The highest BCUT2D eigenvalue weighted by Gasteiger charge is 2.50. The van der Waals surface area contributed by atoms with Crippen molar-refractivity contribution in [1.82, 2.24) is 9.80 Å². The number of hydrogen-bond donors (Lipinski definition) is 3. The molecule has 1 heterocycles. The van der Waals surface area contributed by atoms with Gasteiger partial charge < -0.3 is 24.8 Å². The molecule has 4 aliphatic carbocycles. The fourth-order valence-corrected chi connectivity index (χ4v) is 7.01. The Hall–Kier alpha value is -2.52. The third kappa shape index (κ3) is 5.25. The Morgan fingerprint density at radius 3 is 1.74 bits per heavy atom. The molecule has 3 N–H and O–H groups in total. The van der Waals surface area contributed by atoms with Crippen LogP contribution in [-0.4, -0.2) is 83.5 Å². The molecule has 4 saturated carbocycles. The van der Waals surface area contributed by atoms with Gasteiger partial charge >= 0.3 is 11.9 Å². The SMILES string of the molecule is COc1cc(CN2CCN(C3C4CC5CC(C4)CC3C5)CC2)cc(OC)c1O.O=C(O)C(=O)O. The number of nitrogens with zero attached hydrogens (tertiary/aromatic N) is 2. The van der Waals surface area contributed by atoms with Gasteiger partial charge in [-0.2, -0.15) is 0 Å². The molecule has 9 nitrogen and oxygen atoms in total. The van der Waals surface area contributed by atoms with Crippen LogP contribution >= 0.6 is 0 Å². The molecule has 5 aliphatic rings. The predicted molar refractivity (Wildman–Crippen MR) is 124 cm³/mol. The van der Waals surface area contributed by atoms with Gasteiger partial charge in [0.25, 0.3) is 0 Å². The molecule has 4 bridgehead atoms. The van der Waals surface area contributed by atoms with Crippen molar-refractivity contribution in [2.75, 3.05) is 40.4 Å². The lowest BCUT2D eigenvalue weighted by Crippen LogP contribution is -2.60. The summed E-state index contributed by atoms with van der Waals surface area (Å²) in [4.78, 5) is 23.6. The van der Waals surface area contributed by atoms with Crippen molar-refractivity contribution in [3.05, 3.63) is 17.7 Å². The third-order valence-electron chi connectivity index (χ3n) is 8.13. The number of piperazine rings is 1. The van der Waals surface area contributed by atoms with Gasteiger partial charge in [-0.25, -0.2) is 9.59 Å². The molecule has 188 valence electrons. The lowest BCUT2D eigenvalue weighted by Gasteiger charge is -2.58. The number of phenolic OH excluding ortho intramolecular Hbond substituents is 1. The van der Waals surface area contributed by atoms with Crippen LogP contribution in [0.25, 0.3) is 0 Å². The second kappa shape index (κ2) is 10.4. The van der Waals surface area contributed by atoms with Crippen molar-refractivity contribution in [3.8, 4) is 17.2 Å². The van der Waals surface area contributed by atoms with Crippen molar-refractivity contribution in [2.45, 2.75) is 44.7 Å². The maximum Gasteiger partial charge on any atom is 0.414 e. The third-order valence-corrected chi connectivity index (χ3v) is 8.13. The van der Waals surface area contributed by atoms with Crippen LogP contribution in [0.4, 0.5) is 0 Å². The summed E-state index contributed by atoms with van der Waals surface area (Å²) in [6.45, 7) is 5.50. The van der Waals surface area contributed by atoms with E-state index in [2.05, 4.69) is 9.80 Å². The minimum Gasteiger partial charge on any atom is -0.502 e. The molecular formula is C25H36N2O7. The molecule has 0 unspecified atom stereocenters.